The Balaban J connectivity index is 1.78. The minimum atomic E-state index is -3.13. The molecule has 4 aromatic carbocycles. The summed E-state index contributed by atoms with van der Waals surface area (Å²) in [7, 11) is -3.13. The van der Waals surface area contributed by atoms with E-state index in [2.05, 4.69) is 22.4 Å². The summed E-state index contributed by atoms with van der Waals surface area (Å²) in [6, 6.07) is 37.6. The van der Waals surface area contributed by atoms with Crippen molar-refractivity contribution in [1.82, 2.24) is 15.0 Å². The van der Waals surface area contributed by atoms with Crippen LogP contribution in [0.3, 0.4) is 0 Å². The molecule has 1 unspecified atom stereocenters. The van der Waals surface area contributed by atoms with E-state index in [1.54, 1.807) is 0 Å². The summed E-state index contributed by atoms with van der Waals surface area (Å²) in [6.07, 6.45) is 0.579. The van der Waals surface area contributed by atoms with Gasteiger partial charge in [-0.25, -0.2) is 4.68 Å². The molecule has 0 spiro atoms. The molecular weight excluding hydrogens is 401 g/mol. The van der Waals surface area contributed by atoms with Crippen LogP contribution < -0.4 is 10.6 Å². The maximum absolute atomic E-state index is 15.2. The molecule has 4 nitrogen and oxygen atoms in total. The summed E-state index contributed by atoms with van der Waals surface area (Å²) in [5.74, 6) is -0.410. The molecule has 0 fully saturated rings. The van der Waals surface area contributed by atoms with Crippen molar-refractivity contribution in [2.45, 2.75) is 12.2 Å². The largest absolute Gasteiger partial charge is 0.311 e. The molecule has 0 saturated heterocycles. The number of para-hydroxylation sites is 1. The normalized spacial score (nSPS) is 12.6. The Bertz CT molecular complexity index is 1290. The summed E-state index contributed by atoms with van der Waals surface area (Å²) in [5.41, 5.74) is 2.79. The second-order valence-corrected chi connectivity index (χ2v) is 10.5. The predicted molar refractivity (Wildman–Crippen MR) is 126 cm³/mol. The topological polar surface area (TPSA) is 47.8 Å². The van der Waals surface area contributed by atoms with Crippen LogP contribution in [0.4, 0.5) is 0 Å². The molecule has 5 rings (SSSR count). The molecule has 0 aliphatic carbocycles. The van der Waals surface area contributed by atoms with Crippen molar-refractivity contribution >= 4 is 28.8 Å². The lowest BCUT2D eigenvalue weighted by Crippen LogP contribution is -2.27. The number of hydrogen-bond acceptors (Lipinski definition) is 3. The molecule has 0 amide bonds. The zero-order valence-corrected chi connectivity index (χ0v) is 17.8. The van der Waals surface area contributed by atoms with Gasteiger partial charge in [0.15, 0.2) is 7.14 Å². The molecule has 152 valence electrons. The lowest BCUT2D eigenvalue weighted by Gasteiger charge is -2.29. The van der Waals surface area contributed by atoms with Crippen LogP contribution in [-0.4, -0.2) is 15.0 Å². The first-order valence-corrected chi connectivity index (χ1v) is 12.1. The van der Waals surface area contributed by atoms with Gasteiger partial charge < -0.3 is 4.57 Å². The SMILES string of the molecule is O=P(c1ccccc1)(c1ccccc1)C(Cc1ccccc1)n1nnc2ccccc21. The van der Waals surface area contributed by atoms with E-state index >= 15 is 4.57 Å². The van der Waals surface area contributed by atoms with Gasteiger partial charge in [0.1, 0.15) is 11.3 Å². The van der Waals surface area contributed by atoms with Crippen LogP contribution in [0.15, 0.2) is 115 Å². The number of nitrogens with zero attached hydrogens (tertiary/aromatic N) is 3. The van der Waals surface area contributed by atoms with E-state index in [9.17, 15) is 0 Å². The maximum Gasteiger partial charge on any atom is 0.167 e. The number of aromatic nitrogens is 3. The first-order chi connectivity index (χ1) is 15.3. The molecule has 0 bridgehead atoms. The minimum Gasteiger partial charge on any atom is -0.311 e. The Hall–Kier alpha value is -3.49. The van der Waals surface area contributed by atoms with E-state index in [4.69, 9.17) is 0 Å². The Morgan fingerprint density at radius 2 is 1.19 bits per heavy atom. The van der Waals surface area contributed by atoms with Gasteiger partial charge in [0.2, 0.25) is 0 Å². The fraction of sp³-hybridized carbons (Fsp3) is 0.0769. The monoisotopic (exact) mass is 423 g/mol. The van der Waals surface area contributed by atoms with Gasteiger partial charge in [-0.2, -0.15) is 0 Å². The van der Waals surface area contributed by atoms with Gasteiger partial charge >= 0.3 is 0 Å². The van der Waals surface area contributed by atoms with Gasteiger partial charge in [0.05, 0.1) is 5.52 Å². The van der Waals surface area contributed by atoms with E-state index in [-0.39, 0.29) is 0 Å². The Morgan fingerprint density at radius 3 is 1.81 bits per heavy atom. The second-order valence-electron chi connectivity index (χ2n) is 7.52. The van der Waals surface area contributed by atoms with Crippen molar-refractivity contribution in [1.29, 1.82) is 0 Å². The molecule has 5 aromatic rings. The number of hydrogen-bond donors (Lipinski definition) is 0. The maximum atomic E-state index is 15.2. The molecule has 0 aliphatic rings. The molecule has 1 heterocycles. The summed E-state index contributed by atoms with van der Waals surface area (Å²) in [5, 5.41) is 10.5. The summed E-state index contributed by atoms with van der Waals surface area (Å²) < 4.78 is 17.0. The smallest absolute Gasteiger partial charge is 0.167 e. The van der Waals surface area contributed by atoms with Crippen LogP contribution in [0.25, 0.3) is 11.0 Å². The van der Waals surface area contributed by atoms with Gasteiger partial charge in [-0.3, -0.25) is 0 Å². The van der Waals surface area contributed by atoms with Gasteiger partial charge in [0, 0.05) is 17.0 Å². The first kappa shape index (κ1) is 19.5. The molecule has 1 aromatic heterocycles. The third kappa shape index (κ3) is 3.60. The number of fused-ring (bicyclic) bond motifs is 1. The number of rotatable bonds is 6. The Kier molecular flexibility index (Phi) is 5.23. The van der Waals surface area contributed by atoms with Crippen molar-refractivity contribution < 1.29 is 4.57 Å². The van der Waals surface area contributed by atoms with E-state index < -0.39 is 12.9 Å². The molecule has 0 saturated carbocycles. The number of benzene rings is 4. The average molecular weight is 423 g/mol. The second kappa shape index (κ2) is 8.33. The molecular formula is C26H22N3OP. The summed E-state index contributed by atoms with van der Waals surface area (Å²) >= 11 is 0. The van der Waals surface area contributed by atoms with Crippen LogP contribution in [0.2, 0.25) is 0 Å². The van der Waals surface area contributed by atoms with Crippen LogP contribution in [-0.2, 0) is 11.0 Å². The lowest BCUT2D eigenvalue weighted by atomic mass is 10.1. The fourth-order valence-corrected chi connectivity index (χ4v) is 7.26. The first-order valence-electron chi connectivity index (χ1n) is 10.3. The van der Waals surface area contributed by atoms with Crippen molar-refractivity contribution in [3.05, 3.63) is 121 Å². The van der Waals surface area contributed by atoms with Crippen LogP contribution >= 0.6 is 7.14 Å². The predicted octanol–water partition coefficient (Wildman–Crippen LogP) is 5.19. The Labute approximate surface area is 181 Å². The van der Waals surface area contributed by atoms with Gasteiger partial charge in [-0.15, -0.1) is 5.10 Å². The van der Waals surface area contributed by atoms with Crippen LogP contribution in [0.1, 0.15) is 11.3 Å². The van der Waals surface area contributed by atoms with E-state index in [1.807, 2.05) is 108 Å². The standard InChI is InChI=1S/C26H22N3OP/c30-31(22-14-6-2-7-15-22,23-16-8-3-9-17-23)26(20-21-12-4-1-5-13-21)29-25-19-11-10-18-24(25)27-28-29/h1-19,26H,20H2. The molecule has 0 N–H and O–H groups in total. The highest BCUT2D eigenvalue weighted by Gasteiger charge is 2.39. The van der Waals surface area contributed by atoms with Gasteiger partial charge in [-0.1, -0.05) is 108 Å². The van der Waals surface area contributed by atoms with E-state index in [0.29, 0.717) is 6.42 Å². The summed E-state index contributed by atoms with van der Waals surface area (Å²) in [4.78, 5) is 0. The van der Waals surface area contributed by atoms with Crippen LogP contribution in [0.5, 0.6) is 0 Å². The minimum absolute atomic E-state index is 0.410. The van der Waals surface area contributed by atoms with Gasteiger partial charge in [0.25, 0.3) is 0 Å². The fourth-order valence-electron chi connectivity index (χ4n) is 4.09. The third-order valence-electron chi connectivity index (χ3n) is 5.62. The highest BCUT2D eigenvalue weighted by atomic mass is 31.2. The highest BCUT2D eigenvalue weighted by Crippen LogP contribution is 2.56. The summed E-state index contributed by atoms with van der Waals surface area (Å²) in [6.45, 7) is 0. The van der Waals surface area contributed by atoms with Gasteiger partial charge in [-0.05, 0) is 17.7 Å². The average Bonchev–Trinajstić information content (AvgIpc) is 3.28. The molecule has 0 aliphatic heterocycles. The van der Waals surface area contributed by atoms with E-state index in [0.717, 1.165) is 27.2 Å². The zero-order valence-electron chi connectivity index (χ0n) is 17.0. The molecule has 5 heteroatoms. The van der Waals surface area contributed by atoms with E-state index in [1.165, 1.54) is 0 Å². The molecule has 1 atom stereocenters. The quantitative estimate of drug-likeness (QED) is 0.353. The van der Waals surface area contributed by atoms with Crippen molar-refractivity contribution in [2.75, 3.05) is 0 Å². The van der Waals surface area contributed by atoms with Crippen molar-refractivity contribution in [2.24, 2.45) is 0 Å². The van der Waals surface area contributed by atoms with Crippen LogP contribution in [0, 0.1) is 0 Å². The molecule has 31 heavy (non-hydrogen) atoms. The third-order valence-corrected chi connectivity index (χ3v) is 8.99. The highest BCUT2D eigenvalue weighted by molar-refractivity contribution is 7.78. The lowest BCUT2D eigenvalue weighted by molar-refractivity contribution is 0.526. The van der Waals surface area contributed by atoms with Crippen molar-refractivity contribution in [3.63, 3.8) is 0 Å². The van der Waals surface area contributed by atoms with Crippen molar-refractivity contribution in [3.8, 4) is 0 Å². The Morgan fingerprint density at radius 1 is 0.677 bits per heavy atom. The zero-order chi connectivity index (χ0) is 21.1. The molecule has 0 radical (unpaired) electrons.